The van der Waals surface area contributed by atoms with Crippen molar-refractivity contribution >= 4 is 24.9 Å². The molecule has 0 aliphatic carbocycles. The Morgan fingerprint density at radius 1 is 1.26 bits per heavy atom. The number of fused-ring (bicyclic) bond motifs is 1. The fourth-order valence-electron chi connectivity index (χ4n) is 4.10. The lowest BCUT2D eigenvalue weighted by Crippen LogP contribution is -2.43. The number of aliphatic hydroxyl groups excluding tert-OH is 1. The number of methoxy groups -OCH3 is 1. The molecule has 0 amide bonds. The van der Waals surface area contributed by atoms with Gasteiger partial charge >= 0.3 is 11.7 Å². The molecular formula is C24H27FN3O9P. The minimum atomic E-state index is -3.36. The van der Waals surface area contributed by atoms with Crippen LogP contribution >= 0.6 is 8.18 Å². The van der Waals surface area contributed by atoms with Crippen LogP contribution in [0.2, 0.25) is 0 Å². The Morgan fingerprint density at radius 3 is 2.68 bits per heavy atom. The number of aromatic amines is 1. The van der Waals surface area contributed by atoms with Crippen molar-refractivity contribution < 1.29 is 37.7 Å². The van der Waals surface area contributed by atoms with Crippen molar-refractivity contribution in [2.45, 2.75) is 44.0 Å². The van der Waals surface area contributed by atoms with Gasteiger partial charge in [0.1, 0.15) is 18.2 Å². The highest BCUT2D eigenvalue weighted by molar-refractivity contribution is 7.36. The van der Waals surface area contributed by atoms with Crippen molar-refractivity contribution in [3.63, 3.8) is 0 Å². The number of esters is 1. The molecule has 12 nitrogen and oxygen atoms in total. The Labute approximate surface area is 216 Å². The van der Waals surface area contributed by atoms with Crippen LogP contribution in [0.3, 0.4) is 0 Å². The van der Waals surface area contributed by atoms with E-state index in [4.69, 9.17) is 18.8 Å². The normalized spacial score (nSPS) is 24.8. The Bertz CT molecular complexity index is 1450. The van der Waals surface area contributed by atoms with E-state index in [1.165, 1.54) is 6.92 Å². The summed E-state index contributed by atoms with van der Waals surface area (Å²) in [6.45, 7) is 1.86. The number of nitrogens with zero attached hydrogens (tertiary/aromatic N) is 2. The molecule has 1 fully saturated rings. The van der Waals surface area contributed by atoms with Crippen LogP contribution in [0.15, 0.2) is 64.3 Å². The molecule has 38 heavy (non-hydrogen) atoms. The van der Waals surface area contributed by atoms with E-state index in [1.807, 2.05) is 23.2 Å². The van der Waals surface area contributed by atoms with E-state index in [2.05, 4.69) is 0 Å². The van der Waals surface area contributed by atoms with Crippen LogP contribution in [0.25, 0.3) is 10.8 Å². The molecule has 3 aromatic rings. The second-order valence-electron chi connectivity index (χ2n) is 8.81. The molecule has 1 aliphatic rings. The summed E-state index contributed by atoms with van der Waals surface area (Å²) in [5, 5.41) is 12.1. The van der Waals surface area contributed by atoms with E-state index in [9.17, 15) is 24.1 Å². The van der Waals surface area contributed by atoms with Crippen LogP contribution < -0.4 is 16.1 Å². The van der Waals surface area contributed by atoms with E-state index in [1.54, 1.807) is 24.3 Å². The number of hydrogen-bond donors (Lipinski definition) is 2. The number of nitrogens with one attached hydrogen (secondary N) is 1. The molecule has 0 saturated carbocycles. The third-order valence-corrected chi connectivity index (χ3v) is 7.46. The van der Waals surface area contributed by atoms with Gasteiger partial charge in [0.15, 0.2) is 17.6 Å². The number of carbonyl (C=O) groups is 1. The lowest BCUT2D eigenvalue weighted by Gasteiger charge is -2.27. The standard InChI is InChI=1S/C24H27FN3O9P/c1-14(21(31)34-3)28(37-17-10-6-8-15-7-4-5-9-16(15)17)38(33)35-13-18-20(30)24(2,25)22(36-18)27-12-11-19(29)26-23(27)32/h4-12,14,18,20,22,30,38H,13H2,1-3H3,(H,26,29,32)/t14?,18-,20-,22-,24-/m1/s1. The van der Waals surface area contributed by atoms with Crippen molar-refractivity contribution in [1.82, 2.24) is 14.4 Å². The number of ether oxygens (including phenoxy) is 2. The number of alkyl halides is 1. The van der Waals surface area contributed by atoms with Gasteiger partial charge in [0.25, 0.3) is 13.7 Å². The van der Waals surface area contributed by atoms with Crippen molar-refractivity contribution in [3.8, 4) is 5.75 Å². The number of aromatic nitrogens is 2. The van der Waals surface area contributed by atoms with Crippen LogP contribution in [-0.4, -0.2) is 63.1 Å². The van der Waals surface area contributed by atoms with Crippen molar-refractivity contribution in [2.24, 2.45) is 0 Å². The summed E-state index contributed by atoms with van der Waals surface area (Å²) >= 11 is 0. The van der Waals surface area contributed by atoms with Crippen LogP contribution in [0.1, 0.15) is 20.1 Å². The van der Waals surface area contributed by atoms with Crippen LogP contribution in [0, 0.1) is 0 Å². The van der Waals surface area contributed by atoms with E-state index in [0.717, 1.165) is 41.1 Å². The minimum absolute atomic E-state index is 0.298. The third kappa shape index (κ3) is 5.42. The molecule has 0 spiro atoms. The monoisotopic (exact) mass is 551 g/mol. The summed E-state index contributed by atoms with van der Waals surface area (Å²) in [5.41, 5.74) is -4.09. The summed E-state index contributed by atoms with van der Waals surface area (Å²) in [4.78, 5) is 44.5. The average molecular weight is 551 g/mol. The SMILES string of the molecule is COC(=O)C(C)N(Oc1cccc2ccccc12)[PH](=O)OC[C@H]1O[C@@H](n2ccc(=O)[nH]c2=O)[C@](C)(F)[C@@H]1O. The molecule has 6 atom stereocenters. The molecule has 14 heteroatoms. The molecule has 1 aromatic heterocycles. The second kappa shape index (κ2) is 11.2. The number of aliphatic hydroxyl groups is 1. The number of benzene rings is 2. The molecule has 1 aliphatic heterocycles. The lowest BCUT2D eigenvalue weighted by molar-refractivity contribution is -0.152. The van der Waals surface area contributed by atoms with E-state index < -0.39 is 62.2 Å². The molecule has 204 valence electrons. The van der Waals surface area contributed by atoms with Gasteiger partial charge in [0.2, 0.25) is 0 Å². The van der Waals surface area contributed by atoms with Gasteiger partial charge < -0.3 is 23.9 Å². The zero-order chi connectivity index (χ0) is 27.6. The number of H-pyrrole nitrogens is 1. The summed E-state index contributed by atoms with van der Waals surface area (Å²) in [5.74, 6) is -0.454. The minimum Gasteiger partial charge on any atom is -0.468 e. The first kappa shape index (κ1) is 27.7. The van der Waals surface area contributed by atoms with Gasteiger partial charge in [0.05, 0.1) is 13.7 Å². The maximum atomic E-state index is 15.4. The van der Waals surface area contributed by atoms with Crippen LogP contribution in [0.4, 0.5) is 4.39 Å². The Morgan fingerprint density at radius 2 is 1.97 bits per heavy atom. The van der Waals surface area contributed by atoms with Crippen molar-refractivity contribution in [2.75, 3.05) is 13.7 Å². The highest BCUT2D eigenvalue weighted by atomic mass is 31.1. The predicted octanol–water partition coefficient (Wildman–Crippen LogP) is 1.94. The molecule has 0 bridgehead atoms. The second-order valence-corrected chi connectivity index (χ2v) is 10.1. The largest absolute Gasteiger partial charge is 0.468 e. The van der Waals surface area contributed by atoms with E-state index in [-0.39, 0.29) is 0 Å². The van der Waals surface area contributed by atoms with Gasteiger partial charge in [-0.25, -0.2) is 9.18 Å². The van der Waals surface area contributed by atoms with Gasteiger partial charge in [-0.1, -0.05) is 41.2 Å². The lowest BCUT2D eigenvalue weighted by atomic mass is 9.98. The zero-order valence-electron chi connectivity index (χ0n) is 20.7. The van der Waals surface area contributed by atoms with Gasteiger partial charge in [-0.15, -0.1) is 0 Å². The summed E-state index contributed by atoms with van der Waals surface area (Å²) in [6.07, 6.45) is -3.70. The average Bonchev–Trinajstić information content (AvgIpc) is 3.13. The number of carbonyl (C=O) groups excluding carboxylic acids is 1. The van der Waals surface area contributed by atoms with E-state index >= 15 is 4.39 Å². The Hall–Kier alpha value is -3.35. The molecule has 1 saturated heterocycles. The van der Waals surface area contributed by atoms with Crippen molar-refractivity contribution in [3.05, 3.63) is 75.6 Å². The topological polar surface area (TPSA) is 149 Å². The quantitative estimate of drug-likeness (QED) is 0.230. The van der Waals surface area contributed by atoms with Gasteiger partial charge in [-0.3, -0.25) is 23.7 Å². The first-order valence-corrected chi connectivity index (χ1v) is 12.8. The molecule has 4 rings (SSSR count). The van der Waals surface area contributed by atoms with Crippen molar-refractivity contribution in [1.29, 1.82) is 0 Å². The first-order valence-electron chi connectivity index (χ1n) is 11.6. The molecule has 2 heterocycles. The summed E-state index contributed by atoms with van der Waals surface area (Å²) in [6, 6.07) is 12.3. The zero-order valence-corrected chi connectivity index (χ0v) is 21.7. The first-order chi connectivity index (χ1) is 18.0. The summed E-state index contributed by atoms with van der Waals surface area (Å²) in [7, 11) is -2.19. The fourth-order valence-corrected chi connectivity index (χ4v) is 5.13. The molecule has 0 radical (unpaired) electrons. The smallest absolute Gasteiger partial charge is 0.330 e. The van der Waals surface area contributed by atoms with Crippen LogP contribution in [0.5, 0.6) is 5.75 Å². The fraction of sp³-hybridized carbons (Fsp3) is 0.375. The van der Waals surface area contributed by atoms with Gasteiger partial charge in [0, 0.05) is 17.6 Å². The third-order valence-electron chi connectivity index (χ3n) is 6.21. The Kier molecular flexibility index (Phi) is 8.14. The molecule has 2 N–H and O–H groups in total. The van der Waals surface area contributed by atoms with Gasteiger partial charge in [-0.2, -0.15) is 0 Å². The van der Waals surface area contributed by atoms with E-state index in [0.29, 0.717) is 11.1 Å². The molecule has 2 unspecified atom stereocenters. The number of hydroxylamine groups is 1. The summed E-state index contributed by atoms with van der Waals surface area (Å²) < 4.78 is 45.2. The van der Waals surface area contributed by atoms with Crippen LogP contribution in [-0.2, 0) is 23.4 Å². The Balaban J connectivity index is 1.54. The number of halogens is 1. The molecule has 2 aromatic carbocycles. The number of rotatable bonds is 9. The maximum absolute atomic E-state index is 15.4. The highest BCUT2D eigenvalue weighted by Gasteiger charge is 2.55. The highest BCUT2D eigenvalue weighted by Crippen LogP contribution is 2.42. The maximum Gasteiger partial charge on any atom is 0.330 e. The molecular weight excluding hydrogens is 524 g/mol. The predicted molar refractivity (Wildman–Crippen MR) is 134 cm³/mol. The number of hydrogen-bond acceptors (Lipinski definition) is 9. The van der Waals surface area contributed by atoms with Gasteiger partial charge in [-0.05, 0) is 25.3 Å².